The second kappa shape index (κ2) is 3.74. The molecule has 0 saturated carbocycles. The highest BCUT2D eigenvalue weighted by Gasteiger charge is 2.13. The molecule has 1 aliphatic rings. The lowest BCUT2D eigenvalue weighted by molar-refractivity contribution is 0.689. The van der Waals surface area contributed by atoms with Crippen LogP contribution in [0.3, 0.4) is 0 Å². The third-order valence-electron chi connectivity index (χ3n) is 2.42. The molecule has 1 atom stereocenters. The highest BCUT2D eigenvalue weighted by Crippen LogP contribution is 2.25. The number of hydrogen-bond donors (Lipinski definition) is 0. The van der Waals surface area contributed by atoms with Gasteiger partial charge in [-0.15, -0.1) is 0 Å². The van der Waals surface area contributed by atoms with E-state index in [1.165, 1.54) is 11.1 Å². The topological polar surface area (TPSA) is 25.2 Å². The molecule has 0 radical (unpaired) electrons. The average molecular weight is 186 g/mol. The van der Waals surface area contributed by atoms with Crippen molar-refractivity contribution in [3.05, 3.63) is 41.2 Å². The molecule has 0 N–H and O–H groups in total. The summed E-state index contributed by atoms with van der Waals surface area (Å²) in [6.45, 7) is 4.22. The zero-order valence-corrected chi connectivity index (χ0v) is 8.57. The summed E-state index contributed by atoms with van der Waals surface area (Å²) in [6, 6.07) is 4.35. The van der Waals surface area contributed by atoms with Crippen LogP contribution in [-0.4, -0.2) is 11.2 Å². The molecule has 0 aromatic carbocycles. The van der Waals surface area contributed by atoms with Crippen LogP contribution in [0, 0.1) is 6.92 Å². The molecule has 72 valence electrons. The lowest BCUT2D eigenvalue weighted by Gasteiger charge is -2.15. The highest BCUT2D eigenvalue weighted by molar-refractivity contribution is 5.73. The van der Waals surface area contributed by atoms with Crippen LogP contribution in [0.15, 0.2) is 35.0 Å². The second-order valence-corrected chi connectivity index (χ2v) is 3.79. The Morgan fingerprint density at radius 2 is 2.21 bits per heavy atom. The van der Waals surface area contributed by atoms with Gasteiger partial charge in [-0.25, -0.2) is 0 Å². The van der Waals surface area contributed by atoms with Crippen molar-refractivity contribution in [2.24, 2.45) is 4.99 Å². The van der Waals surface area contributed by atoms with E-state index in [0.29, 0.717) is 0 Å². The van der Waals surface area contributed by atoms with E-state index in [1.807, 2.05) is 18.5 Å². The van der Waals surface area contributed by atoms with Crippen LogP contribution in [0.4, 0.5) is 0 Å². The summed E-state index contributed by atoms with van der Waals surface area (Å²) in [4.78, 5) is 8.78. The Labute approximate surface area is 84.4 Å². The van der Waals surface area contributed by atoms with E-state index in [1.54, 1.807) is 0 Å². The molecule has 2 nitrogen and oxygen atoms in total. The van der Waals surface area contributed by atoms with Crippen molar-refractivity contribution >= 4 is 6.21 Å². The first-order valence-electron chi connectivity index (χ1n) is 4.87. The van der Waals surface area contributed by atoms with Gasteiger partial charge in [-0.2, -0.15) is 0 Å². The molecule has 0 bridgehead atoms. The second-order valence-electron chi connectivity index (χ2n) is 3.79. The van der Waals surface area contributed by atoms with Crippen LogP contribution in [0.1, 0.15) is 30.6 Å². The Morgan fingerprint density at radius 1 is 1.36 bits per heavy atom. The molecule has 2 heterocycles. The monoisotopic (exact) mass is 186 g/mol. The van der Waals surface area contributed by atoms with Gasteiger partial charge in [0.15, 0.2) is 0 Å². The summed E-state index contributed by atoms with van der Waals surface area (Å²) in [5, 5.41) is 0. The predicted octanol–water partition coefficient (Wildman–Crippen LogP) is 2.85. The van der Waals surface area contributed by atoms with Crippen molar-refractivity contribution < 1.29 is 0 Å². The molecule has 0 aliphatic carbocycles. The van der Waals surface area contributed by atoms with Gasteiger partial charge in [0.25, 0.3) is 0 Å². The smallest absolute Gasteiger partial charge is 0.0956 e. The van der Waals surface area contributed by atoms with Gasteiger partial charge >= 0.3 is 0 Å². The molecular weight excluding hydrogens is 172 g/mol. The van der Waals surface area contributed by atoms with E-state index in [2.05, 4.69) is 36.0 Å². The fourth-order valence-corrected chi connectivity index (χ4v) is 1.62. The average Bonchev–Trinajstić information content (AvgIpc) is 2.18. The number of aromatic nitrogens is 1. The number of allylic oxidation sites excluding steroid dienone is 1. The van der Waals surface area contributed by atoms with Crippen molar-refractivity contribution in [1.29, 1.82) is 0 Å². The van der Waals surface area contributed by atoms with E-state index in [9.17, 15) is 0 Å². The number of pyridine rings is 1. The lowest BCUT2D eigenvalue weighted by atomic mass is 10.0. The number of nitrogens with zero attached hydrogens (tertiary/aromatic N) is 2. The maximum atomic E-state index is 4.43. The molecule has 2 rings (SSSR count). The number of aryl methyl sites for hydroxylation is 1. The molecule has 0 spiro atoms. The van der Waals surface area contributed by atoms with Crippen LogP contribution < -0.4 is 0 Å². The quantitative estimate of drug-likeness (QED) is 0.662. The van der Waals surface area contributed by atoms with Crippen molar-refractivity contribution in [3.63, 3.8) is 0 Å². The first kappa shape index (κ1) is 9.13. The normalized spacial score (nSPS) is 20.7. The Balaban J connectivity index is 2.25. The maximum Gasteiger partial charge on any atom is 0.0956 e. The predicted molar refractivity (Wildman–Crippen MR) is 58.6 cm³/mol. The number of rotatable bonds is 1. The number of hydrogen-bond acceptors (Lipinski definition) is 2. The number of aliphatic imine (C=N–C) groups is 1. The third kappa shape index (κ3) is 1.90. The van der Waals surface area contributed by atoms with E-state index >= 15 is 0 Å². The van der Waals surface area contributed by atoms with Gasteiger partial charge in [-0.3, -0.25) is 9.98 Å². The maximum absolute atomic E-state index is 4.43. The van der Waals surface area contributed by atoms with Crippen molar-refractivity contribution in [3.8, 4) is 0 Å². The fourth-order valence-electron chi connectivity index (χ4n) is 1.62. The van der Waals surface area contributed by atoms with E-state index in [4.69, 9.17) is 0 Å². The van der Waals surface area contributed by atoms with Gasteiger partial charge in [0.2, 0.25) is 0 Å². The van der Waals surface area contributed by atoms with Crippen LogP contribution in [0.5, 0.6) is 0 Å². The largest absolute Gasteiger partial charge is 0.283 e. The molecule has 1 aromatic rings. The van der Waals surface area contributed by atoms with Gasteiger partial charge in [0.1, 0.15) is 0 Å². The van der Waals surface area contributed by atoms with Crippen molar-refractivity contribution in [1.82, 2.24) is 4.98 Å². The van der Waals surface area contributed by atoms with E-state index < -0.39 is 0 Å². The summed E-state index contributed by atoms with van der Waals surface area (Å²) in [6.07, 6.45) is 6.79. The van der Waals surface area contributed by atoms with Crippen LogP contribution in [-0.2, 0) is 0 Å². The summed E-state index contributed by atoms with van der Waals surface area (Å²) in [5.41, 5.74) is 3.69. The molecular formula is C12H14N2. The first-order chi connectivity index (χ1) is 6.75. The van der Waals surface area contributed by atoms with E-state index in [-0.39, 0.29) is 6.04 Å². The standard InChI is InChI=1S/C12H14N2/c1-9-3-5-13-11(7-9)12-8-10(2)4-6-14-12/h3-7,12H,8H2,1-2H3. The SMILES string of the molecule is CC1=CC=NC(c2cc(C)ccn2)C1. The van der Waals surface area contributed by atoms with Gasteiger partial charge < -0.3 is 0 Å². The summed E-state index contributed by atoms with van der Waals surface area (Å²) >= 11 is 0. The molecule has 0 fully saturated rings. The van der Waals surface area contributed by atoms with Gasteiger partial charge in [0.05, 0.1) is 11.7 Å². The van der Waals surface area contributed by atoms with Gasteiger partial charge in [-0.1, -0.05) is 5.57 Å². The molecule has 2 heteroatoms. The fraction of sp³-hybridized carbons (Fsp3) is 0.333. The first-order valence-corrected chi connectivity index (χ1v) is 4.87. The summed E-state index contributed by atoms with van der Waals surface area (Å²) in [7, 11) is 0. The third-order valence-corrected chi connectivity index (χ3v) is 2.42. The van der Waals surface area contributed by atoms with Gasteiger partial charge in [-0.05, 0) is 44.0 Å². The molecule has 1 aliphatic heterocycles. The van der Waals surface area contributed by atoms with Crippen LogP contribution >= 0.6 is 0 Å². The highest BCUT2D eigenvalue weighted by atomic mass is 14.8. The van der Waals surface area contributed by atoms with Crippen LogP contribution in [0.25, 0.3) is 0 Å². The Morgan fingerprint density at radius 3 is 2.93 bits per heavy atom. The Hall–Kier alpha value is -1.44. The minimum atomic E-state index is 0.222. The molecule has 0 saturated heterocycles. The van der Waals surface area contributed by atoms with Crippen LogP contribution in [0.2, 0.25) is 0 Å². The van der Waals surface area contributed by atoms with E-state index in [0.717, 1.165) is 12.1 Å². The zero-order chi connectivity index (χ0) is 9.97. The molecule has 1 unspecified atom stereocenters. The summed E-state index contributed by atoms with van der Waals surface area (Å²) < 4.78 is 0. The molecule has 1 aromatic heterocycles. The molecule has 0 amide bonds. The Bertz CT molecular complexity index is 391. The van der Waals surface area contributed by atoms with Gasteiger partial charge in [0, 0.05) is 12.4 Å². The Kier molecular flexibility index (Phi) is 2.44. The van der Waals surface area contributed by atoms with Crippen molar-refractivity contribution in [2.75, 3.05) is 0 Å². The zero-order valence-electron chi connectivity index (χ0n) is 8.57. The summed E-state index contributed by atoms with van der Waals surface area (Å²) in [5.74, 6) is 0. The molecule has 14 heavy (non-hydrogen) atoms. The minimum absolute atomic E-state index is 0.222. The minimum Gasteiger partial charge on any atom is -0.283 e. The lowest BCUT2D eigenvalue weighted by Crippen LogP contribution is -2.03. The van der Waals surface area contributed by atoms with Crippen molar-refractivity contribution in [2.45, 2.75) is 26.3 Å². The number of dihydropyridines is 1.